The minimum absolute atomic E-state index is 0.0272. The Kier molecular flexibility index (Phi) is 5.34. The number of fused-ring (bicyclic) bond motifs is 2. The fraction of sp³-hybridized carbons (Fsp3) is 0.667. The molecule has 2 bridgehead atoms. The number of carbonyl (C=O) groups is 1. The maximum absolute atomic E-state index is 13.3. The number of ether oxygens (including phenoxy) is 1. The van der Waals surface area contributed by atoms with E-state index in [2.05, 4.69) is 43.2 Å². The van der Waals surface area contributed by atoms with E-state index in [1.165, 1.54) is 25.7 Å². The van der Waals surface area contributed by atoms with Crippen molar-refractivity contribution < 1.29 is 9.53 Å². The summed E-state index contributed by atoms with van der Waals surface area (Å²) >= 11 is 0. The maximum atomic E-state index is 13.3. The second kappa shape index (κ2) is 7.66. The minimum Gasteiger partial charge on any atom is -0.497 e. The van der Waals surface area contributed by atoms with Crippen molar-refractivity contribution in [3.63, 3.8) is 0 Å². The molecule has 5 nitrogen and oxygen atoms in total. The molecule has 158 valence electrons. The predicted molar refractivity (Wildman–Crippen MR) is 116 cm³/mol. The number of carbonyl (C=O) groups excluding carboxylic acids is 1. The van der Waals surface area contributed by atoms with Crippen molar-refractivity contribution in [3.05, 3.63) is 29.8 Å². The van der Waals surface area contributed by atoms with Crippen molar-refractivity contribution >= 4 is 11.6 Å². The molecule has 0 radical (unpaired) electrons. The third-order valence-corrected chi connectivity index (χ3v) is 8.01. The smallest absolute Gasteiger partial charge is 0.268 e. The summed E-state index contributed by atoms with van der Waals surface area (Å²) in [4.78, 5) is 13.3. The standard InChI is InChI=1S/C24H35N3O2/c1-5-6-14-27-21(17-8-7-9-19(15-17)29-4)16-20(26-27)22(28)25-24(3)18-10-12-23(24,2)13-11-18/h7-9,15,18,21H,5-6,10-14,16H2,1-4H3,(H,25,28)/t18-,21?,23+,24-/m0/s1. The van der Waals surface area contributed by atoms with Crippen LogP contribution in [0.3, 0.4) is 0 Å². The second-order valence-corrected chi connectivity index (χ2v) is 9.55. The Morgan fingerprint density at radius 2 is 2.07 bits per heavy atom. The lowest BCUT2D eigenvalue weighted by atomic mass is 9.76. The Hall–Kier alpha value is -2.04. The summed E-state index contributed by atoms with van der Waals surface area (Å²) in [5, 5.41) is 10.4. The molecule has 2 saturated carbocycles. The fourth-order valence-electron chi connectivity index (χ4n) is 5.76. The van der Waals surface area contributed by atoms with Crippen LogP contribution in [0, 0.1) is 11.3 Å². The summed E-state index contributed by atoms with van der Waals surface area (Å²) in [6.45, 7) is 7.67. The average Bonchev–Trinajstić information content (AvgIpc) is 3.33. The summed E-state index contributed by atoms with van der Waals surface area (Å²) in [7, 11) is 1.69. The molecule has 2 atom stereocenters. The number of unbranched alkanes of at least 4 members (excludes halogenated alkanes) is 1. The van der Waals surface area contributed by atoms with Gasteiger partial charge in [-0.1, -0.05) is 32.4 Å². The molecule has 3 aliphatic rings. The Labute approximate surface area is 174 Å². The van der Waals surface area contributed by atoms with E-state index in [-0.39, 0.29) is 22.9 Å². The molecular weight excluding hydrogens is 362 g/mol. The number of hydrogen-bond acceptors (Lipinski definition) is 4. The van der Waals surface area contributed by atoms with Gasteiger partial charge in [-0.25, -0.2) is 0 Å². The van der Waals surface area contributed by atoms with Crippen LogP contribution in [0.5, 0.6) is 5.75 Å². The molecule has 4 rings (SSSR count). The van der Waals surface area contributed by atoms with E-state index < -0.39 is 0 Å². The lowest BCUT2D eigenvalue weighted by Gasteiger charge is -2.39. The first-order valence-electron chi connectivity index (χ1n) is 11.2. The zero-order chi connectivity index (χ0) is 20.6. The largest absolute Gasteiger partial charge is 0.497 e. The van der Waals surface area contributed by atoms with Crippen LogP contribution in [0.4, 0.5) is 0 Å². The van der Waals surface area contributed by atoms with Gasteiger partial charge in [0.15, 0.2) is 0 Å². The highest BCUT2D eigenvalue weighted by Gasteiger charge is 2.59. The molecule has 1 heterocycles. The first-order chi connectivity index (χ1) is 13.9. The van der Waals surface area contributed by atoms with Crippen LogP contribution >= 0.6 is 0 Å². The molecule has 5 heteroatoms. The molecule has 1 aliphatic heterocycles. The van der Waals surface area contributed by atoms with Gasteiger partial charge in [-0.15, -0.1) is 0 Å². The van der Waals surface area contributed by atoms with E-state index in [0.29, 0.717) is 18.1 Å². The van der Waals surface area contributed by atoms with Crippen LogP contribution in [-0.2, 0) is 4.79 Å². The number of nitrogens with one attached hydrogen (secondary N) is 1. The summed E-state index contributed by atoms with van der Waals surface area (Å²) in [5.41, 5.74) is 1.95. The summed E-state index contributed by atoms with van der Waals surface area (Å²) in [5.74, 6) is 1.47. The van der Waals surface area contributed by atoms with E-state index in [1.54, 1.807) is 7.11 Å². The average molecular weight is 398 g/mol. The molecule has 0 saturated heterocycles. The number of methoxy groups -OCH3 is 1. The highest BCUT2D eigenvalue weighted by molar-refractivity contribution is 6.39. The highest BCUT2D eigenvalue weighted by Crippen LogP contribution is 2.60. The van der Waals surface area contributed by atoms with Gasteiger partial charge in [-0.3, -0.25) is 9.80 Å². The van der Waals surface area contributed by atoms with Gasteiger partial charge in [0, 0.05) is 18.5 Å². The Morgan fingerprint density at radius 3 is 2.69 bits per heavy atom. The lowest BCUT2D eigenvalue weighted by molar-refractivity contribution is -0.117. The summed E-state index contributed by atoms with van der Waals surface area (Å²) in [6.07, 6.45) is 7.73. The van der Waals surface area contributed by atoms with Gasteiger partial charge in [0.2, 0.25) is 0 Å². The maximum Gasteiger partial charge on any atom is 0.268 e. The third-order valence-electron chi connectivity index (χ3n) is 8.01. The molecule has 1 aromatic carbocycles. The first kappa shape index (κ1) is 20.2. The van der Waals surface area contributed by atoms with Gasteiger partial charge in [0.05, 0.1) is 13.2 Å². The van der Waals surface area contributed by atoms with Crippen molar-refractivity contribution in [2.75, 3.05) is 13.7 Å². The van der Waals surface area contributed by atoms with E-state index in [9.17, 15) is 4.79 Å². The molecule has 0 spiro atoms. The zero-order valence-corrected chi connectivity index (χ0v) is 18.3. The molecular formula is C24H35N3O2. The van der Waals surface area contributed by atoms with Gasteiger partial charge in [0.1, 0.15) is 11.5 Å². The minimum atomic E-state index is -0.102. The molecule has 2 fully saturated rings. The van der Waals surface area contributed by atoms with Gasteiger partial charge in [-0.2, -0.15) is 5.10 Å². The number of rotatable bonds is 7. The Bertz CT molecular complexity index is 797. The molecule has 29 heavy (non-hydrogen) atoms. The van der Waals surface area contributed by atoms with Gasteiger partial charge >= 0.3 is 0 Å². The van der Waals surface area contributed by atoms with Crippen LogP contribution in [0.15, 0.2) is 29.4 Å². The van der Waals surface area contributed by atoms with E-state index in [0.717, 1.165) is 30.7 Å². The molecule has 0 aromatic heterocycles. The van der Waals surface area contributed by atoms with Crippen molar-refractivity contribution in [2.45, 2.75) is 77.3 Å². The van der Waals surface area contributed by atoms with Crippen LogP contribution in [0.1, 0.15) is 77.3 Å². The van der Waals surface area contributed by atoms with E-state index in [4.69, 9.17) is 9.84 Å². The fourth-order valence-corrected chi connectivity index (χ4v) is 5.76. The number of hydrogen-bond donors (Lipinski definition) is 1. The predicted octanol–water partition coefficient (Wildman–Crippen LogP) is 4.68. The highest BCUT2D eigenvalue weighted by atomic mass is 16.5. The monoisotopic (exact) mass is 397 g/mol. The molecule has 2 aliphatic carbocycles. The van der Waals surface area contributed by atoms with Crippen molar-refractivity contribution in [1.29, 1.82) is 0 Å². The normalized spacial score (nSPS) is 33.1. The summed E-state index contributed by atoms with van der Waals surface area (Å²) in [6, 6.07) is 8.26. The number of benzene rings is 1. The SMILES string of the molecule is CCCCN1N=C(C(=O)N[C@@]2(C)[C@H]3CC[C@]2(C)CC3)CC1c1cccc(OC)c1. The molecule has 1 aromatic rings. The van der Waals surface area contributed by atoms with Crippen LogP contribution in [0.2, 0.25) is 0 Å². The van der Waals surface area contributed by atoms with Crippen LogP contribution < -0.4 is 10.1 Å². The van der Waals surface area contributed by atoms with Gasteiger partial charge < -0.3 is 10.1 Å². The quantitative estimate of drug-likeness (QED) is 0.727. The number of nitrogens with zero attached hydrogens (tertiary/aromatic N) is 2. The lowest BCUT2D eigenvalue weighted by Crippen LogP contribution is -2.55. The van der Waals surface area contributed by atoms with Crippen molar-refractivity contribution in [1.82, 2.24) is 10.3 Å². The number of hydrazone groups is 1. The number of amides is 1. The Morgan fingerprint density at radius 1 is 1.31 bits per heavy atom. The van der Waals surface area contributed by atoms with Gasteiger partial charge in [-0.05, 0) is 68.1 Å². The van der Waals surface area contributed by atoms with E-state index in [1.807, 2.05) is 12.1 Å². The molecule has 1 amide bonds. The van der Waals surface area contributed by atoms with Crippen molar-refractivity contribution in [2.24, 2.45) is 16.4 Å². The molecule has 1 unspecified atom stereocenters. The first-order valence-corrected chi connectivity index (χ1v) is 11.2. The van der Waals surface area contributed by atoms with E-state index >= 15 is 0 Å². The van der Waals surface area contributed by atoms with Crippen molar-refractivity contribution in [3.8, 4) is 5.75 Å². The van der Waals surface area contributed by atoms with Crippen LogP contribution in [-0.4, -0.2) is 35.8 Å². The topological polar surface area (TPSA) is 53.9 Å². The second-order valence-electron chi connectivity index (χ2n) is 9.55. The zero-order valence-electron chi connectivity index (χ0n) is 18.3. The van der Waals surface area contributed by atoms with Gasteiger partial charge in [0.25, 0.3) is 5.91 Å². The summed E-state index contributed by atoms with van der Waals surface area (Å²) < 4.78 is 5.41. The Balaban J connectivity index is 1.53. The molecule has 1 N–H and O–H groups in total. The van der Waals surface area contributed by atoms with Crippen LogP contribution in [0.25, 0.3) is 0 Å². The third kappa shape index (κ3) is 3.43.